The molecule has 29 heavy (non-hydrogen) atoms. The van der Waals surface area contributed by atoms with E-state index in [0.717, 1.165) is 42.4 Å². The van der Waals surface area contributed by atoms with E-state index in [4.69, 9.17) is 4.74 Å². The van der Waals surface area contributed by atoms with Crippen LogP contribution in [0, 0.1) is 39.0 Å². The summed E-state index contributed by atoms with van der Waals surface area (Å²) in [6.45, 7) is 7.06. The third-order valence-electron chi connectivity index (χ3n) is 5.67. The Morgan fingerprint density at radius 3 is 2.34 bits per heavy atom. The van der Waals surface area contributed by atoms with Crippen molar-refractivity contribution < 1.29 is 14.6 Å². The molecule has 0 atom stereocenters. The standard InChI is InChI=1S/C23H26N2O4/c1-13-9-14(2)21(15(3)10-13)29-12-19(26)20-16(4)18(11-24)22(27)25(23(20)28)17-7-5-6-8-17/h9-10,17,28H,5-8,12H2,1-4H3. The number of benzene rings is 1. The van der Waals surface area contributed by atoms with Gasteiger partial charge in [0.25, 0.3) is 5.56 Å². The van der Waals surface area contributed by atoms with E-state index in [9.17, 15) is 20.0 Å². The normalized spacial score (nSPS) is 14.0. The van der Waals surface area contributed by atoms with Gasteiger partial charge in [0.1, 0.15) is 17.4 Å². The minimum Gasteiger partial charge on any atom is -0.494 e. The molecule has 6 heteroatoms. The van der Waals surface area contributed by atoms with Gasteiger partial charge in [-0.05, 0) is 57.2 Å². The molecular formula is C23H26N2O4. The molecule has 0 spiro atoms. The lowest BCUT2D eigenvalue weighted by atomic mass is 10.0. The summed E-state index contributed by atoms with van der Waals surface area (Å²) >= 11 is 0. The Kier molecular flexibility index (Phi) is 5.78. The average Bonchev–Trinajstić information content (AvgIpc) is 3.15. The Bertz CT molecular complexity index is 1050. The summed E-state index contributed by atoms with van der Waals surface area (Å²) in [5.74, 6) is -0.183. The van der Waals surface area contributed by atoms with Crippen LogP contribution in [-0.2, 0) is 0 Å². The lowest BCUT2D eigenvalue weighted by Crippen LogP contribution is -2.29. The number of hydrogen-bond acceptors (Lipinski definition) is 5. The zero-order valence-corrected chi connectivity index (χ0v) is 17.3. The number of aromatic hydroxyl groups is 1. The molecule has 0 saturated heterocycles. The molecule has 2 aromatic rings. The number of nitrogens with zero attached hydrogens (tertiary/aromatic N) is 2. The van der Waals surface area contributed by atoms with Gasteiger partial charge in [-0.15, -0.1) is 0 Å². The van der Waals surface area contributed by atoms with E-state index in [1.54, 1.807) is 0 Å². The number of carbonyl (C=O) groups is 1. The lowest BCUT2D eigenvalue weighted by Gasteiger charge is -2.20. The number of rotatable bonds is 5. The number of hydrogen-bond donors (Lipinski definition) is 1. The van der Waals surface area contributed by atoms with Gasteiger partial charge < -0.3 is 9.84 Å². The SMILES string of the molecule is Cc1cc(C)c(OCC(=O)c2c(C)c(C#N)c(=O)n(C3CCCC3)c2O)c(C)c1. The molecule has 1 fully saturated rings. The minimum absolute atomic E-state index is 0.00420. The van der Waals surface area contributed by atoms with Gasteiger partial charge in [-0.2, -0.15) is 5.26 Å². The molecule has 3 rings (SSSR count). The van der Waals surface area contributed by atoms with Crippen LogP contribution in [0.2, 0.25) is 0 Å². The number of aryl methyl sites for hydroxylation is 3. The summed E-state index contributed by atoms with van der Waals surface area (Å²) in [5.41, 5.74) is 2.52. The van der Waals surface area contributed by atoms with Crippen molar-refractivity contribution in [1.29, 1.82) is 5.26 Å². The molecule has 152 valence electrons. The van der Waals surface area contributed by atoms with Gasteiger partial charge >= 0.3 is 0 Å². The Balaban J connectivity index is 2.00. The minimum atomic E-state index is -0.530. The number of ketones is 1. The fourth-order valence-electron chi connectivity index (χ4n) is 4.36. The van der Waals surface area contributed by atoms with Crippen LogP contribution in [0.25, 0.3) is 0 Å². The Morgan fingerprint density at radius 2 is 1.79 bits per heavy atom. The zero-order chi connectivity index (χ0) is 21.3. The molecular weight excluding hydrogens is 368 g/mol. The maximum atomic E-state index is 13.0. The predicted octanol–water partition coefficient (Wildman–Crippen LogP) is 4.04. The number of pyridine rings is 1. The lowest BCUT2D eigenvalue weighted by molar-refractivity contribution is 0.0915. The number of carbonyl (C=O) groups excluding carboxylic acids is 1. The first-order chi connectivity index (χ1) is 13.8. The molecule has 1 aliphatic rings. The van der Waals surface area contributed by atoms with Gasteiger partial charge in [0.2, 0.25) is 11.7 Å². The van der Waals surface area contributed by atoms with E-state index < -0.39 is 11.3 Å². The molecule has 1 heterocycles. The van der Waals surface area contributed by atoms with Crippen LogP contribution in [0.15, 0.2) is 16.9 Å². The van der Waals surface area contributed by atoms with Crippen LogP contribution in [-0.4, -0.2) is 22.1 Å². The van der Waals surface area contributed by atoms with Crippen molar-refractivity contribution in [2.45, 2.75) is 59.4 Å². The van der Waals surface area contributed by atoms with Crippen LogP contribution in [0.4, 0.5) is 0 Å². The third kappa shape index (κ3) is 3.77. The van der Waals surface area contributed by atoms with Crippen LogP contribution >= 0.6 is 0 Å². The number of nitriles is 1. The van der Waals surface area contributed by atoms with Gasteiger partial charge in [-0.25, -0.2) is 0 Å². The molecule has 1 saturated carbocycles. The summed E-state index contributed by atoms with van der Waals surface area (Å²) in [6, 6.07) is 5.67. The molecule has 6 nitrogen and oxygen atoms in total. The molecule has 0 aliphatic heterocycles. The van der Waals surface area contributed by atoms with E-state index in [2.05, 4.69) is 0 Å². The van der Waals surface area contributed by atoms with Crippen molar-refractivity contribution in [1.82, 2.24) is 4.57 Å². The van der Waals surface area contributed by atoms with Crippen LogP contribution in [0.5, 0.6) is 11.6 Å². The first-order valence-electron chi connectivity index (χ1n) is 9.88. The van der Waals surface area contributed by atoms with Crippen LogP contribution in [0.3, 0.4) is 0 Å². The Labute approximate surface area is 170 Å². The fourth-order valence-corrected chi connectivity index (χ4v) is 4.36. The maximum Gasteiger partial charge on any atom is 0.271 e. The van der Waals surface area contributed by atoms with E-state index in [1.165, 1.54) is 11.5 Å². The largest absolute Gasteiger partial charge is 0.494 e. The van der Waals surface area contributed by atoms with Crippen molar-refractivity contribution in [3.05, 3.63) is 55.9 Å². The third-order valence-corrected chi connectivity index (χ3v) is 5.67. The second kappa shape index (κ2) is 8.12. The van der Waals surface area contributed by atoms with Crippen molar-refractivity contribution in [3.63, 3.8) is 0 Å². The fraction of sp³-hybridized carbons (Fsp3) is 0.435. The van der Waals surface area contributed by atoms with Crippen LogP contribution in [0.1, 0.15) is 69.9 Å². The zero-order valence-electron chi connectivity index (χ0n) is 17.3. The van der Waals surface area contributed by atoms with Gasteiger partial charge in [0, 0.05) is 6.04 Å². The number of ether oxygens (including phenoxy) is 1. The van der Waals surface area contributed by atoms with Crippen molar-refractivity contribution in [2.24, 2.45) is 0 Å². The van der Waals surface area contributed by atoms with E-state index >= 15 is 0 Å². The van der Waals surface area contributed by atoms with Gasteiger partial charge in [0.15, 0.2) is 6.61 Å². The first kappa shape index (κ1) is 20.7. The summed E-state index contributed by atoms with van der Waals surface area (Å²) in [7, 11) is 0. The first-order valence-corrected chi connectivity index (χ1v) is 9.88. The van der Waals surface area contributed by atoms with Crippen molar-refractivity contribution >= 4 is 5.78 Å². The molecule has 1 aromatic heterocycles. The molecule has 1 aliphatic carbocycles. The van der Waals surface area contributed by atoms with E-state index in [1.807, 2.05) is 39.0 Å². The highest BCUT2D eigenvalue weighted by atomic mass is 16.5. The maximum absolute atomic E-state index is 13.0. The van der Waals surface area contributed by atoms with E-state index in [-0.39, 0.29) is 35.2 Å². The number of Topliss-reactive ketones (excluding diaryl/α,β-unsaturated/α-hetero) is 1. The summed E-state index contributed by atoms with van der Waals surface area (Å²) in [5, 5.41) is 20.3. The quantitative estimate of drug-likeness (QED) is 0.773. The van der Waals surface area contributed by atoms with Crippen LogP contribution < -0.4 is 10.3 Å². The summed E-state index contributed by atoms with van der Waals surface area (Å²) in [6.07, 6.45) is 3.38. The molecule has 0 bridgehead atoms. The molecule has 1 N–H and O–H groups in total. The Hall–Kier alpha value is -3.07. The van der Waals surface area contributed by atoms with Gasteiger partial charge in [0.05, 0.1) is 5.56 Å². The average molecular weight is 394 g/mol. The van der Waals surface area contributed by atoms with Crippen molar-refractivity contribution in [2.75, 3.05) is 6.61 Å². The predicted molar refractivity (Wildman–Crippen MR) is 110 cm³/mol. The van der Waals surface area contributed by atoms with Crippen molar-refractivity contribution in [3.8, 4) is 17.7 Å². The molecule has 0 radical (unpaired) electrons. The highest BCUT2D eigenvalue weighted by Crippen LogP contribution is 2.34. The highest BCUT2D eigenvalue weighted by Gasteiger charge is 2.29. The van der Waals surface area contributed by atoms with Gasteiger partial charge in [-0.3, -0.25) is 14.2 Å². The highest BCUT2D eigenvalue weighted by molar-refractivity contribution is 6.01. The monoisotopic (exact) mass is 394 g/mol. The summed E-state index contributed by atoms with van der Waals surface area (Å²) < 4.78 is 7.02. The molecule has 1 aromatic carbocycles. The Morgan fingerprint density at radius 1 is 1.21 bits per heavy atom. The smallest absolute Gasteiger partial charge is 0.271 e. The molecule has 0 unspecified atom stereocenters. The topological polar surface area (TPSA) is 92.3 Å². The second-order valence-electron chi connectivity index (χ2n) is 7.86. The van der Waals surface area contributed by atoms with Gasteiger partial charge in [-0.1, -0.05) is 30.5 Å². The second-order valence-corrected chi connectivity index (χ2v) is 7.86. The summed E-state index contributed by atoms with van der Waals surface area (Å²) in [4.78, 5) is 25.7. The van der Waals surface area contributed by atoms with E-state index in [0.29, 0.717) is 5.75 Å². The molecule has 0 amide bonds. The number of aromatic nitrogens is 1.